The topological polar surface area (TPSA) is 344 Å². The Hall–Kier alpha value is -4.41. The molecular formula is C61H101N11O13P4. The van der Waals surface area contributed by atoms with Gasteiger partial charge in [-0.1, -0.05) is 25.8 Å². The summed E-state index contributed by atoms with van der Waals surface area (Å²) in [6.45, 7) is 25.9. The summed E-state index contributed by atoms with van der Waals surface area (Å²) in [5, 5.41) is 93.7. The predicted octanol–water partition coefficient (Wildman–Crippen LogP) is 0.851. The molecule has 0 aliphatic carbocycles. The minimum Gasteiger partial charge on any atom is -0.388 e. The maximum atomic E-state index is 12.3. The number of nitrogens with zero attached hydrogens (tertiary/aromatic N) is 7. The third-order valence-corrected chi connectivity index (χ3v) is 21.9. The highest BCUT2D eigenvalue weighted by Crippen LogP contribution is 2.43. The van der Waals surface area contributed by atoms with Crippen LogP contribution in [-0.2, 0) is 23.7 Å². The van der Waals surface area contributed by atoms with E-state index in [9.17, 15) is 45.6 Å². The lowest BCUT2D eigenvalue weighted by atomic mass is 9.92. The SMILES string of the molecule is C=C1N=C(N)C=CN1[C@@H]1O[C@H](CCP(=C)(C)C)[C@@H](O)[C@H]1O.C=C1N=c2[nH]c(C)cc2=CN1[C@@H]1O[C@H](CCP(=C)(C)C)[C@@H](O)[C@H]1O.C=C1NC(=NC)C=CN1[C@@H]1O[C@H](CCP(=C)(C)C)[C@@H](O)[C@H]1O.C=P(C)(C)CC[C@H]1O[C@@H](C2C=CC(=N)N(C)C2=O)[C@H](O)[C@@H]1O. The number of aromatic nitrogens is 1. The second-order valence-electron chi connectivity index (χ2n) is 26.6. The van der Waals surface area contributed by atoms with Crippen LogP contribution >= 0.6 is 27.5 Å². The number of hydrogen-bond donors (Lipinski definition) is 12. The maximum Gasteiger partial charge on any atom is 0.237 e. The number of nitrogens with one attached hydrogen (secondary N) is 3. The first-order valence-corrected chi connectivity index (χ1v) is 41.8. The molecule has 28 heteroatoms. The van der Waals surface area contributed by atoms with E-state index in [1.807, 2.05) is 19.2 Å². The van der Waals surface area contributed by atoms with Gasteiger partial charge in [-0.2, -0.15) is 0 Å². The van der Waals surface area contributed by atoms with Crippen molar-refractivity contribution in [3.8, 4) is 0 Å². The highest BCUT2D eigenvalue weighted by Gasteiger charge is 2.50. The third kappa shape index (κ3) is 19.6. The molecule has 1 aromatic rings. The van der Waals surface area contributed by atoms with E-state index in [2.05, 4.69) is 124 Å². The molecule has 8 aliphatic heterocycles. The van der Waals surface area contributed by atoms with Crippen molar-refractivity contribution < 1.29 is 64.6 Å². The van der Waals surface area contributed by atoms with Crippen LogP contribution in [0.5, 0.6) is 0 Å². The van der Waals surface area contributed by atoms with Crippen molar-refractivity contribution in [2.75, 3.05) is 92.1 Å². The number of carbonyl (C=O) groups is 1. The van der Waals surface area contributed by atoms with Gasteiger partial charge in [-0.15, -0.1) is 52.7 Å². The van der Waals surface area contributed by atoms with Crippen molar-refractivity contribution in [1.29, 1.82) is 5.41 Å². The van der Waals surface area contributed by atoms with Crippen LogP contribution in [0.4, 0.5) is 0 Å². The molecule has 9 heterocycles. The summed E-state index contributed by atoms with van der Waals surface area (Å²) in [4.78, 5) is 34.1. The van der Waals surface area contributed by atoms with Crippen LogP contribution in [0, 0.1) is 18.3 Å². The van der Waals surface area contributed by atoms with Crippen LogP contribution in [0.3, 0.4) is 0 Å². The van der Waals surface area contributed by atoms with E-state index in [0.717, 1.165) is 41.0 Å². The fourth-order valence-electron chi connectivity index (χ4n) is 10.8. The van der Waals surface area contributed by atoms with Gasteiger partial charge in [0, 0.05) is 43.6 Å². The summed E-state index contributed by atoms with van der Waals surface area (Å²) in [5.41, 5.74) is 7.34. The average Bonchev–Trinajstić information content (AvgIpc) is 2.50. The molecule has 4 saturated heterocycles. The zero-order valence-electron chi connectivity index (χ0n) is 53.7. The Morgan fingerprint density at radius 1 is 0.618 bits per heavy atom. The normalized spacial score (nSPS) is 33.4. The molecule has 1 amide bonds. The number of likely N-dealkylation sites (N-methyl/N-ethyl adjacent to an activating group) is 1. The Balaban J connectivity index is 0.000000189. The summed E-state index contributed by atoms with van der Waals surface area (Å²) in [5.74, 6) is 1.60. The molecule has 0 spiro atoms. The van der Waals surface area contributed by atoms with Gasteiger partial charge in [-0.25, -0.2) is 9.98 Å². The second-order valence-corrected chi connectivity index (χ2v) is 43.9. The van der Waals surface area contributed by atoms with Crippen LogP contribution in [-0.4, -0.2) is 304 Å². The van der Waals surface area contributed by atoms with E-state index in [1.165, 1.54) is 18.0 Å². The van der Waals surface area contributed by atoms with E-state index >= 15 is 0 Å². The smallest absolute Gasteiger partial charge is 0.237 e. The van der Waals surface area contributed by atoms with Gasteiger partial charge in [0.25, 0.3) is 0 Å². The Labute approximate surface area is 525 Å². The molecular weight excluding hydrogens is 1220 g/mol. The number of aromatic amines is 1. The lowest BCUT2D eigenvalue weighted by Crippen LogP contribution is -2.47. The molecule has 0 radical (unpaired) electrons. The van der Waals surface area contributed by atoms with Gasteiger partial charge in [0.2, 0.25) is 5.91 Å². The number of ether oxygens (including phenoxy) is 4. The van der Waals surface area contributed by atoms with Gasteiger partial charge in [0.15, 0.2) is 18.7 Å². The number of amides is 1. The molecule has 498 valence electrons. The van der Waals surface area contributed by atoms with Gasteiger partial charge < -0.3 is 90.5 Å². The molecule has 9 rings (SSSR count). The van der Waals surface area contributed by atoms with Crippen molar-refractivity contribution in [3.63, 3.8) is 0 Å². The molecule has 1 unspecified atom stereocenters. The number of aryl methyl sites for hydroxylation is 1. The average molecular weight is 1320 g/mol. The Morgan fingerprint density at radius 3 is 1.47 bits per heavy atom. The van der Waals surface area contributed by atoms with Crippen molar-refractivity contribution in [1.82, 2.24) is 29.9 Å². The third-order valence-electron chi connectivity index (χ3n) is 16.1. The first-order chi connectivity index (χ1) is 41.2. The molecule has 4 fully saturated rings. The highest BCUT2D eigenvalue weighted by molar-refractivity contribution is 7.73. The number of fused-ring (bicyclic) bond motifs is 1. The van der Waals surface area contributed by atoms with Crippen molar-refractivity contribution in [3.05, 3.63) is 96.4 Å². The zero-order chi connectivity index (χ0) is 66.6. The number of amidine groups is 3. The molecule has 13 N–H and O–H groups in total. The number of aliphatic hydroxyl groups excluding tert-OH is 8. The van der Waals surface area contributed by atoms with Crippen LogP contribution < -0.4 is 21.8 Å². The van der Waals surface area contributed by atoms with Crippen molar-refractivity contribution in [2.24, 2.45) is 26.6 Å². The lowest BCUT2D eigenvalue weighted by Gasteiger charge is -2.33. The fraction of sp³-hybridized carbons (Fsp3) is 0.590. The molecule has 17 atom stereocenters. The standard InChI is InChI=1S/C17H26N3O3P.C15H26N3O3P.C15H25N2O4P.C14H24N3O3P/c1-10-8-12-9-20(11(2)19-16(12)18-10)17-15(22)14(21)13(23-17)6-7-24(3,4)5;1-10-17-12(16-2)6-8-18(10)15-14(20)13(19)11(21-15)7-9-22(3,4)5;1-17-11(16)6-5-9(15(17)20)14-13(19)12(18)10(21-14)7-8-22(2,3)4;1-9-16-11(15)5-7-17(9)14-13(19)12(18)10(20-14)6-8-21(2,3)4/h8-9,13-15,17,21-22H,2-3,6-7H2,1,4-5H3,(H,18,19);6,8,11,13-15,19-20H,1,3,7,9H2,2,4-5H3,(H,16,17);5-6,9-10,12-14,16,18-19H,2,7-8H2,1,3-4H3;5,7,10,12-14,18-19H,1-2,6,8H2,3-4H3,(H2,15,16)/t13-,14-,15-,17-;11-,13-,14-,15-;9?,10-,12-,13-,14+;10-,12-,13-,14-/m1111/s1. The number of aliphatic imine (C=N–C) groups is 2. The largest absolute Gasteiger partial charge is 0.388 e. The van der Waals surface area contributed by atoms with Gasteiger partial charge in [0.05, 0.1) is 30.3 Å². The number of nitrogens with two attached hydrogens (primary N) is 1. The van der Waals surface area contributed by atoms with E-state index in [-0.39, 0.29) is 17.8 Å². The quantitative estimate of drug-likeness (QED) is 0.102. The number of rotatable bonds is 16. The number of aliphatic hydroxyl groups is 8. The molecule has 0 aromatic carbocycles. The first kappa shape index (κ1) is 73.6. The fourth-order valence-corrected chi connectivity index (χ4v) is 14.6. The molecule has 89 heavy (non-hydrogen) atoms. The summed E-state index contributed by atoms with van der Waals surface area (Å²) >= 11 is 0. The predicted molar refractivity (Wildman–Crippen MR) is 367 cm³/mol. The van der Waals surface area contributed by atoms with Crippen LogP contribution in [0.2, 0.25) is 0 Å². The summed E-state index contributed by atoms with van der Waals surface area (Å²) in [7, 11) is 3.20. The van der Waals surface area contributed by atoms with Crippen LogP contribution in [0.1, 0.15) is 31.4 Å². The minimum atomic E-state index is -1.24. The Bertz CT molecular complexity index is 3250. The van der Waals surface area contributed by atoms with E-state index < -0.39 is 125 Å². The molecule has 0 saturated carbocycles. The van der Waals surface area contributed by atoms with Gasteiger partial charge in [-0.05, 0) is 135 Å². The second kappa shape index (κ2) is 30.1. The number of H-pyrrole nitrogens is 1. The zero-order valence-corrected chi connectivity index (χ0v) is 57.2. The highest BCUT2D eigenvalue weighted by atomic mass is 31.2. The van der Waals surface area contributed by atoms with E-state index in [4.69, 9.17) is 30.1 Å². The molecule has 1 aromatic heterocycles. The van der Waals surface area contributed by atoms with Crippen LogP contribution in [0.15, 0.2) is 94.9 Å². The molecule has 0 bridgehead atoms. The molecule has 8 aliphatic rings. The van der Waals surface area contributed by atoms with Crippen molar-refractivity contribution >= 4 is 82.4 Å². The summed E-state index contributed by atoms with van der Waals surface area (Å²) in [6, 6.07) is 1.98. The Kier molecular flexibility index (Phi) is 24.9. The van der Waals surface area contributed by atoms with E-state index in [1.54, 1.807) is 52.4 Å². The van der Waals surface area contributed by atoms with Crippen LogP contribution in [0.25, 0.3) is 6.20 Å². The lowest BCUT2D eigenvalue weighted by molar-refractivity contribution is -0.135. The minimum absolute atomic E-state index is 0.106. The summed E-state index contributed by atoms with van der Waals surface area (Å²) < 4.78 is 23.5. The van der Waals surface area contributed by atoms with Gasteiger partial charge >= 0.3 is 0 Å². The van der Waals surface area contributed by atoms with Gasteiger partial charge in [0.1, 0.15) is 95.4 Å². The number of carbonyl (C=O) groups excluding carboxylic acids is 1. The maximum absolute atomic E-state index is 12.3. The van der Waals surface area contributed by atoms with Crippen molar-refractivity contribution in [2.45, 2.75) is 131 Å². The number of hydrogen-bond acceptors (Lipinski definition) is 21. The van der Waals surface area contributed by atoms with Gasteiger partial charge in [-0.3, -0.25) is 20.1 Å². The molecule has 24 nitrogen and oxygen atoms in total. The first-order valence-electron chi connectivity index (χ1n) is 29.6. The Morgan fingerprint density at radius 2 is 1.03 bits per heavy atom. The summed E-state index contributed by atoms with van der Waals surface area (Å²) in [6.07, 6.45) is 22.3. The van der Waals surface area contributed by atoms with E-state index in [0.29, 0.717) is 54.8 Å². The monoisotopic (exact) mass is 1320 g/mol.